The van der Waals surface area contributed by atoms with Gasteiger partial charge >= 0.3 is 0 Å². The predicted molar refractivity (Wildman–Crippen MR) is 98.0 cm³/mol. The molecule has 0 N–H and O–H groups in total. The minimum atomic E-state index is -3.72. The first-order valence-corrected chi connectivity index (χ1v) is 10.3. The third kappa shape index (κ3) is 3.40. The molecule has 1 atom stereocenters. The topological polar surface area (TPSA) is 59.1 Å². The molecule has 0 aliphatic carbocycles. The predicted octanol–water partition coefficient (Wildman–Crippen LogP) is 2.27. The van der Waals surface area contributed by atoms with Crippen LogP contribution < -0.4 is 9.47 Å². The summed E-state index contributed by atoms with van der Waals surface area (Å²) in [5, 5.41) is 0. The summed E-state index contributed by atoms with van der Waals surface area (Å²) < 4.78 is 52.9. The Labute approximate surface area is 158 Å². The fourth-order valence-corrected chi connectivity index (χ4v) is 4.93. The lowest BCUT2D eigenvalue weighted by atomic mass is 10.0. The van der Waals surface area contributed by atoms with Crippen molar-refractivity contribution in [2.75, 3.05) is 39.9 Å². The van der Waals surface area contributed by atoms with Crippen molar-refractivity contribution in [2.24, 2.45) is 0 Å². The van der Waals surface area contributed by atoms with Gasteiger partial charge in [-0.15, -0.1) is 0 Å². The van der Waals surface area contributed by atoms with Crippen molar-refractivity contribution in [3.05, 3.63) is 53.8 Å². The fraction of sp³-hybridized carbons (Fsp3) is 0.368. The molecule has 8 heteroatoms. The lowest BCUT2D eigenvalue weighted by molar-refractivity contribution is 0.145. The summed E-state index contributed by atoms with van der Waals surface area (Å²) in [5.41, 5.74) is 0.502. The Morgan fingerprint density at radius 2 is 1.78 bits per heavy atom. The highest BCUT2D eigenvalue weighted by Crippen LogP contribution is 2.34. The van der Waals surface area contributed by atoms with Gasteiger partial charge in [-0.3, -0.25) is 4.90 Å². The van der Waals surface area contributed by atoms with Gasteiger partial charge in [-0.25, -0.2) is 12.8 Å². The maximum absolute atomic E-state index is 14.3. The molecule has 2 heterocycles. The summed E-state index contributed by atoms with van der Waals surface area (Å²) in [7, 11) is -1.84. The highest BCUT2D eigenvalue weighted by molar-refractivity contribution is 7.89. The first-order valence-electron chi connectivity index (χ1n) is 8.81. The molecule has 1 unspecified atom stereocenters. The van der Waals surface area contributed by atoms with Crippen LogP contribution in [0.5, 0.6) is 11.5 Å². The normalized spacial score (nSPS) is 21.2. The zero-order valence-electron chi connectivity index (χ0n) is 15.0. The first-order chi connectivity index (χ1) is 13.0. The van der Waals surface area contributed by atoms with Crippen molar-refractivity contribution in [3.63, 3.8) is 0 Å². The van der Waals surface area contributed by atoms with Crippen molar-refractivity contribution in [1.82, 2.24) is 9.21 Å². The quantitative estimate of drug-likeness (QED) is 0.802. The Balaban J connectivity index is 1.63. The number of likely N-dealkylation sites (N-methyl/N-ethyl adjacent to an activating group) is 1. The number of ether oxygens (including phenoxy) is 2. The molecule has 2 aliphatic heterocycles. The molecule has 1 saturated heterocycles. The van der Waals surface area contributed by atoms with Crippen LogP contribution in [0.25, 0.3) is 0 Å². The maximum atomic E-state index is 14.3. The number of nitrogens with zero attached hydrogens (tertiary/aromatic N) is 2. The number of fused-ring (bicyclic) bond motifs is 1. The number of halogens is 1. The highest BCUT2D eigenvalue weighted by atomic mass is 32.2. The summed E-state index contributed by atoms with van der Waals surface area (Å²) in [6, 6.07) is 10.8. The van der Waals surface area contributed by atoms with E-state index in [0.717, 1.165) is 0 Å². The van der Waals surface area contributed by atoms with Crippen LogP contribution in [0.2, 0.25) is 0 Å². The van der Waals surface area contributed by atoms with Gasteiger partial charge in [0.05, 0.1) is 10.9 Å². The van der Waals surface area contributed by atoms with Crippen molar-refractivity contribution >= 4 is 10.0 Å². The number of hydrogen-bond donors (Lipinski definition) is 0. The van der Waals surface area contributed by atoms with Crippen LogP contribution in [-0.2, 0) is 10.0 Å². The van der Waals surface area contributed by atoms with Gasteiger partial charge in [0.1, 0.15) is 19.0 Å². The van der Waals surface area contributed by atoms with Gasteiger partial charge in [0.2, 0.25) is 10.0 Å². The number of hydrogen-bond acceptors (Lipinski definition) is 5. The molecule has 6 nitrogen and oxygen atoms in total. The van der Waals surface area contributed by atoms with Gasteiger partial charge < -0.3 is 9.47 Å². The van der Waals surface area contributed by atoms with E-state index in [9.17, 15) is 12.8 Å². The van der Waals surface area contributed by atoms with E-state index in [0.29, 0.717) is 43.4 Å². The smallest absolute Gasteiger partial charge is 0.243 e. The van der Waals surface area contributed by atoms with Gasteiger partial charge in [-0.05, 0) is 25.2 Å². The molecular weight excluding hydrogens is 371 g/mol. The van der Waals surface area contributed by atoms with E-state index in [1.165, 1.54) is 22.5 Å². The fourth-order valence-electron chi connectivity index (χ4n) is 3.48. The second kappa shape index (κ2) is 7.10. The molecule has 27 heavy (non-hydrogen) atoms. The zero-order valence-corrected chi connectivity index (χ0v) is 15.8. The maximum Gasteiger partial charge on any atom is 0.243 e. The van der Waals surface area contributed by atoms with Crippen molar-refractivity contribution in [1.29, 1.82) is 0 Å². The minimum absolute atomic E-state index is 0.156. The summed E-state index contributed by atoms with van der Waals surface area (Å²) in [6.45, 7) is 1.89. The summed E-state index contributed by atoms with van der Waals surface area (Å²) in [4.78, 5) is 2.14. The molecular formula is C19H21FN2O4S. The number of benzene rings is 2. The van der Waals surface area contributed by atoms with E-state index in [4.69, 9.17) is 9.47 Å². The van der Waals surface area contributed by atoms with E-state index in [1.54, 1.807) is 24.3 Å². The zero-order chi connectivity index (χ0) is 19.0. The standard InChI is InChI=1S/C19H21FN2O4S/c1-21-8-9-22(13-17(21)15-4-2-3-5-16(15)20)27(23,24)14-6-7-18-19(12-14)26-11-10-25-18/h2-7,12,17H,8-11,13H2,1H3. The van der Waals surface area contributed by atoms with Crippen LogP contribution in [0.1, 0.15) is 11.6 Å². The Morgan fingerprint density at radius 3 is 2.56 bits per heavy atom. The molecule has 2 aliphatic rings. The largest absolute Gasteiger partial charge is 0.486 e. The molecule has 0 aromatic heterocycles. The average Bonchev–Trinajstić information content (AvgIpc) is 2.68. The van der Waals surface area contributed by atoms with Gasteiger partial charge in [0.15, 0.2) is 11.5 Å². The molecule has 0 radical (unpaired) electrons. The number of piperazine rings is 1. The van der Waals surface area contributed by atoms with E-state index in [2.05, 4.69) is 0 Å². The van der Waals surface area contributed by atoms with Crippen molar-refractivity contribution in [3.8, 4) is 11.5 Å². The minimum Gasteiger partial charge on any atom is -0.486 e. The van der Waals surface area contributed by atoms with Gasteiger partial charge in [0.25, 0.3) is 0 Å². The van der Waals surface area contributed by atoms with Crippen LogP contribution in [-0.4, -0.2) is 57.5 Å². The Hall–Kier alpha value is -2.16. The molecule has 0 spiro atoms. The molecule has 2 aromatic rings. The summed E-state index contributed by atoms with van der Waals surface area (Å²) in [6.07, 6.45) is 0. The van der Waals surface area contributed by atoms with E-state index in [1.807, 2.05) is 11.9 Å². The monoisotopic (exact) mass is 392 g/mol. The number of rotatable bonds is 3. The third-order valence-electron chi connectivity index (χ3n) is 5.03. The second-order valence-electron chi connectivity index (χ2n) is 6.69. The second-order valence-corrected chi connectivity index (χ2v) is 8.62. The van der Waals surface area contributed by atoms with Crippen molar-refractivity contribution < 1.29 is 22.3 Å². The van der Waals surface area contributed by atoms with E-state index in [-0.39, 0.29) is 23.3 Å². The molecule has 0 saturated carbocycles. The molecule has 4 rings (SSSR count). The van der Waals surface area contributed by atoms with Crippen LogP contribution in [0, 0.1) is 5.82 Å². The van der Waals surface area contributed by atoms with Crippen LogP contribution in [0.3, 0.4) is 0 Å². The Morgan fingerprint density at radius 1 is 1.04 bits per heavy atom. The van der Waals surface area contributed by atoms with Gasteiger partial charge in [0, 0.05) is 31.3 Å². The van der Waals surface area contributed by atoms with Gasteiger partial charge in [-0.1, -0.05) is 18.2 Å². The lowest BCUT2D eigenvalue weighted by Crippen LogP contribution is -2.49. The van der Waals surface area contributed by atoms with E-state index >= 15 is 0 Å². The average molecular weight is 392 g/mol. The van der Waals surface area contributed by atoms with Crippen LogP contribution >= 0.6 is 0 Å². The SMILES string of the molecule is CN1CCN(S(=O)(=O)c2ccc3c(c2)OCCO3)CC1c1ccccc1F. The van der Waals surface area contributed by atoms with Gasteiger partial charge in [-0.2, -0.15) is 4.31 Å². The molecule has 0 bridgehead atoms. The molecule has 0 amide bonds. The summed E-state index contributed by atoms with van der Waals surface area (Å²) >= 11 is 0. The highest BCUT2D eigenvalue weighted by Gasteiger charge is 2.35. The van der Waals surface area contributed by atoms with Crippen LogP contribution in [0.4, 0.5) is 4.39 Å². The molecule has 144 valence electrons. The van der Waals surface area contributed by atoms with Crippen molar-refractivity contribution in [2.45, 2.75) is 10.9 Å². The molecule has 2 aromatic carbocycles. The first kappa shape index (κ1) is 18.2. The number of sulfonamides is 1. The third-order valence-corrected chi connectivity index (χ3v) is 6.89. The Kier molecular flexibility index (Phi) is 4.79. The summed E-state index contributed by atoms with van der Waals surface area (Å²) in [5.74, 6) is 0.651. The van der Waals surface area contributed by atoms with E-state index < -0.39 is 10.0 Å². The molecule has 1 fully saturated rings. The van der Waals surface area contributed by atoms with Crippen LogP contribution in [0.15, 0.2) is 47.4 Å². The Bertz CT molecular complexity index is 950. The lowest BCUT2D eigenvalue weighted by Gasteiger charge is -2.39.